The molecule has 0 aliphatic carbocycles. The third kappa shape index (κ3) is 3.92. The lowest BCUT2D eigenvalue weighted by Crippen LogP contribution is -2.30. The first kappa shape index (κ1) is 17.1. The Balaban J connectivity index is 2.32. The number of benzene rings is 1. The Hall–Kier alpha value is -0.280. The molecule has 0 aliphatic rings. The first-order chi connectivity index (χ1) is 9.84. The second-order valence-corrected chi connectivity index (χ2v) is 9.55. The Kier molecular flexibility index (Phi) is 5.59. The van der Waals surface area contributed by atoms with E-state index in [0.717, 1.165) is 14.7 Å². The molecule has 0 saturated carbocycles. The Labute approximate surface area is 144 Å². The van der Waals surface area contributed by atoms with Crippen molar-refractivity contribution in [2.24, 2.45) is 0 Å². The Bertz CT molecular complexity index is 746. The van der Waals surface area contributed by atoms with Crippen LogP contribution in [-0.2, 0) is 16.6 Å². The van der Waals surface area contributed by atoms with Gasteiger partial charge in [-0.3, -0.25) is 0 Å². The van der Waals surface area contributed by atoms with Gasteiger partial charge in [0.1, 0.15) is 5.82 Å². The molecule has 0 atom stereocenters. The second-order valence-electron chi connectivity index (χ2n) is 4.21. The predicted octanol–water partition coefficient (Wildman–Crippen LogP) is 4.62. The highest BCUT2D eigenvalue weighted by Gasteiger charge is 2.24. The summed E-state index contributed by atoms with van der Waals surface area (Å²) in [5.74, 6) is -0.592. The van der Waals surface area contributed by atoms with Crippen LogP contribution < -0.4 is 0 Å². The molecule has 8 heteroatoms. The molecule has 0 radical (unpaired) electrons. The molecule has 114 valence electrons. The van der Waals surface area contributed by atoms with Gasteiger partial charge in [0.2, 0.25) is 10.0 Å². The minimum atomic E-state index is -3.72. The molecule has 3 nitrogen and oxygen atoms in total. The Morgan fingerprint density at radius 3 is 2.48 bits per heavy atom. The van der Waals surface area contributed by atoms with E-state index in [2.05, 4.69) is 31.9 Å². The first-order valence-electron chi connectivity index (χ1n) is 6.04. The summed E-state index contributed by atoms with van der Waals surface area (Å²) >= 11 is 7.85. The number of rotatable bonds is 5. The molecule has 2 rings (SSSR count). The van der Waals surface area contributed by atoms with E-state index in [9.17, 15) is 12.8 Å². The Morgan fingerprint density at radius 1 is 1.24 bits per heavy atom. The highest BCUT2D eigenvalue weighted by molar-refractivity contribution is 9.11. The van der Waals surface area contributed by atoms with E-state index >= 15 is 0 Å². The van der Waals surface area contributed by atoms with Crippen LogP contribution in [0.1, 0.15) is 11.8 Å². The molecule has 1 aromatic heterocycles. The molecule has 0 spiro atoms. The molecular weight excluding hydrogens is 445 g/mol. The van der Waals surface area contributed by atoms with Gasteiger partial charge in [0.25, 0.3) is 0 Å². The van der Waals surface area contributed by atoms with E-state index in [1.54, 1.807) is 6.92 Å². The van der Waals surface area contributed by atoms with Crippen molar-refractivity contribution < 1.29 is 12.8 Å². The molecule has 0 bridgehead atoms. The maximum absolute atomic E-state index is 13.6. The topological polar surface area (TPSA) is 37.4 Å². The smallest absolute Gasteiger partial charge is 0.207 e. The van der Waals surface area contributed by atoms with Crippen molar-refractivity contribution in [3.8, 4) is 0 Å². The number of sulfonamides is 1. The monoisotopic (exact) mass is 455 g/mol. The molecule has 1 heterocycles. The lowest BCUT2D eigenvalue weighted by atomic mass is 10.3. The van der Waals surface area contributed by atoms with Crippen LogP contribution in [0.15, 0.2) is 43.5 Å². The molecule has 1 aromatic carbocycles. The van der Waals surface area contributed by atoms with Crippen molar-refractivity contribution in [3.63, 3.8) is 0 Å². The first-order valence-corrected chi connectivity index (χ1v) is 9.88. The summed E-state index contributed by atoms with van der Waals surface area (Å²) in [7, 11) is -3.72. The van der Waals surface area contributed by atoms with E-state index in [1.165, 1.54) is 27.8 Å². The molecule has 0 aliphatic heterocycles. The van der Waals surface area contributed by atoms with Crippen LogP contribution in [0.3, 0.4) is 0 Å². The minimum Gasteiger partial charge on any atom is -0.207 e. The summed E-state index contributed by atoms with van der Waals surface area (Å²) in [6.07, 6.45) is 0. The summed E-state index contributed by atoms with van der Waals surface area (Å²) in [5.41, 5.74) is 0. The van der Waals surface area contributed by atoms with Crippen LogP contribution in [0, 0.1) is 5.82 Å². The van der Waals surface area contributed by atoms with Crippen LogP contribution in [0.5, 0.6) is 0 Å². The summed E-state index contributed by atoms with van der Waals surface area (Å²) < 4.78 is 41.2. The van der Waals surface area contributed by atoms with Gasteiger partial charge in [0.05, 0.1) is 13.2 Å². The van der Waals surface area contributed by atoms with Gasteiger partial charge in [-0.15, -0.1) is 11.3 Å². The molecule has 0 N–H and O–H groups in total. The normalized spacial score (nSPS) is 12.0. The zero-order chi connectivity index (χ0) is 15.6. The number of halogens is 3. The maximum atomic E-state index is 13.6. The van der Waals surface area contributed by atoms with Crippen molar-refractivity contribution in [2.45, 2.75) is 18.4 Å². The number of thiophene rings is 1. The number of hydrogen-bond donors (Lipinski definition) is 0. The average Bonchev–Trinajstić information content (AvgIpc) is 2.84. The van der Waals surface area contributed by atoms with Gasteiger partial charge in [-0.1, -0.05) is 6.92 Å². The highest BCUT2D eigenvalue weighted by atomic mass is 79.9. The maximum Gasteiger partial charge on any atom is 0.243 e. The third-order valence-electron chi connectivity index (χ3n) is 2.84. The van der Waals surface area contributed by atoms with Gasteiger partial charge in [0, 0.05) is 18.0 Å². The lowest BCUT2D eigenvalue weighted by Gasteiger charge is -2.20. The van der Waals surface area contributed by atoms with Gasteiger partial charge >= 0.3 is 0 Å². The summed E-state index contributed by atoms with van der Waals surface area (Å²) in [6.45, 7) is 2.34. The van der Waals surface area contributed by atoms with Crippen molar-refractivity contribution in [1.29, 1.82) is 0 Å². The van der Waals surface area contributed by atoms with Crippen molar-refractivity contribution in [1.82, 2.24) is 4.31 Å². The average molecular weight is 457 g/mol. The highest BCUT2D eigenvalue weighted by Crippen LogP contribution is 2.27. The van der Waals surface area contributed by atoms with Gasteiger partial charge < -0.3 is 0 Å². The van der Waals surface area contributed by atoms with Crippen LogP contribution in [0.4, 0.5) is 4.39 Å². The van der Waals surface area contributed by atoms with E-state index in [4.69, 9.17) is 0 Å². The van der Waals surface area contributed by atoms with Crippen LogP contribution >= 0.6 is 43.2 Å². The summed E-state index contributed by atoms with van der Waals surface area (Å²) in [4.78, 5) is 0.880. The molecule has 0 saturated heterocycles. The standard InChI is InChI=1S/C13H12Br2FNO2S2/c1-2-17(8-9-3-6-13(15)20-9)21(18,19)10-4-5-11(14)12(16)7-10/h3-7H,2,8H2,1H3. The molecule has 0 fully saturated rings. The van der Waals surface area contributed by atoms with Crippen molar-refractivity contribution in [2.75, 3.05) is 6.54 Å². The fraction of sp³-hybridized carbons (Fsp3) is 0.231. The molecule has 0 amide bonds. The van der Waals surface area contributed by atoms with Gasteiger partial charge in [-0.25, -0.2) is 12.8 Å². The van der Waals surface area contributed by atoms with Gasteiger partial charge in [0.15, 0.2) is 0 Å². The Morgan fingerprint density at radius 2 is 1.95 bits per heavy atom. The fourth-order valence-corrected chi connectivity index (χ4v) is 5.03. The van der Waals surface area contributed by atoms with Gasteiger partial charge in [-0.2, -0.15) is 4.31 Å². The summed E-state index contributed by atoms with van der Waals surface area (Å²) in [5, 5.41) is 0. The van der Waals surface area contributed by atoms with Crippen molar-refractivity contribution in [3.05, 3.63) is 49.3 Å². The zero-order valence-corrected chi connectivity index (χ0v) is 15.8. The molecular formula is C13H12Br2FNO2S2. The van der Waals surface area contributed by atoms with E-state index < -0.39 is 15.8 Å². The molecule has 2 aromatic rings. The van der Waals surface area contributed by atoms with E-state index in [1.807, 2.05) is 12.1 Å². The predicted molar refractivity (Wildman–Crippen MR) is 89.4 cm³/mol. The SMILES string of the molecule is CCN(Cc1ccc(Br)s1)S(=O)(=O)c1ccc(Br)c(F)c1. The largest absolute Gasteiger partial charge is 0.243 e. The summed E-state index contributed by atoms with van der Waals surface area (Å²) in [6, 6.07) is 7.58. The van der Waals surface area contributed by atoms with Crippen LogP contribution in [0.25, 0.3) is 0 Å². The van der Waals surface area contributed by atoms with Crippen molar-refractivity contribution >= 4 is 53.2 Å². The number of hydrogen-bond acceptors (Lipinski definition) is 3. The van der Waals surface area contributed by atoms with Gasteiger partial charge in [-0.05, 0) is 62.2 Å². The van der Waals surface area contributed by atoms with Crippen LogP contribution in [-0.4, -0.2) is 19.3 Å². The lowest BCUT2D eigenvalue weighted by molar-refractivity contribution is 0.426. The fourth-order valence-electron chi connectivity index (χ4n) is 1.76. The third-order valence-corrected chi connectivity index (χ3v) is 7.01. The number of nitrogens with zero attached hydrogens (tertiary/aromatic N) is 1. The molecule has 21 heavy (non-hydrogen) atoms. The quantitative estimate of drug-likeness (QED) is 0.658. The minimum absolute atomic E-state index is 0.0410. The van der Waals surface area contributed by atoms with E-state index in [0.29, 0.717) is 6.54 Å². The van der Waals surface area contributed by atoms with Crippen LogP contribution in [0.2, 0.25) is 0 Å². The zero-order valence-electron chi connectivity index (χ0n) is 11.0. The van der Waals surface area contributed by atoms with E-state index in [-0.39, 0.29) is 15.9 Å². The molecule has 0 unspecified atom stereocenters. The second kappa shape index (κ2) is 6.87.